The summed E-state index contributed by atoms with van der Waals surface area (Å²) in [5.41, 5.74) is 1.29. The van der Waals surface area contributed by atoms with Crippen molar-refractivity contribution < 1.29 is 38.7 Å². The van der Waals surface area contributed by atoms with Crippen LogP contribution in [-0.4, -0.2) is 102 Å². The molecule has 0 unspecified atom stereocenters. The maximum atomic E-state index is 12.7. The van der Waals surface area contributed by atoms with Gasteiger partial charge in [-0.2, -0.15) is 0 Å². The summed E-state index contributed by atoms with van der Waals surface area (Å²) in [6.45, 7) is 4.31. The van der Waals surface area contributed by atoms with Gasteiger partial charge in [0.25, 0.3) is 0 Å². The molecule has 0 saturated carbocycles. The number of unbranched alkanes of at least 4 members (excludes halogenated alkanes) is 6. The Kier molecular flexibility index (Phi) is 16.2. The average Bonchev–Trinajstić information content (AvgIpc) is 3.05. The number of rotatable bonds is 24. The fourth-order valence-electron chi connectivity index (χ4n) is 5.50. The van der Waals surface area contributed by atoms with Gasteiger partial charge < -0.3 is 50.4 Å². The van der Waals surface area contributed by atoms with Crippen molar-refractivity contribution in [2.75, 3.05) is 78.3 Å². The van der Waals surface area contributed by atoms with Gasteiger partial charge in [-0.3, -0.25) is 9.59 Å². The molecule has 12 heteroatoms. The molecule has 46 heavy (non-hydrogen) atoms. The lowest BCUT2D eigenvalue weighted by Gasteiger charge is -2.21. The van der Waals surface area contributed by atoms with Gasteiger partial charge >= 0.3 is 0 Å². The highest BCUT2D eigenvalue weighted by atomic mass is 16.7. The highest BCUT2D eigenvalue weighted by Crippen LogP contribution is 2.46. The Balaban J connectivity index is 1.62. The quantitative estimate of drug-likeness (QED) is 0.0539. The molecular formula is C34H52N4O8. The summed E-state index contributed by atoms with van der Waals surface area (Å²) in [5, 5.41) is 36.5. The molecule has 0 bridgehead atoms. The summed E-state index contributed by atoms with van der Waals surface area (Å²) in [7, 11) is 6.48. The molecule has 2 aromatic carbocycles. The first kappa shape index (κ1) is 37.2. The number of ketones is 2. The molecule has 0 aromatic heterocycles. The number of fused-ring (bicyclic) bond motifs is 2. The van der Waals surface area contributed by atoms with Gasteiger partial charge in [0.1, 0.15) is 11.5 Å². The number of methoxy groups -OCH3 is 4. The molecule has 0 fully saturated rings. The van der Waals surface area contributed by atoms with E-state index in [0.29, 0.717) is 48.3 Å². The molecule has 0 aliphatic heterocycles. The molecule has 0 spiro atoms. The molecule has 12 nitrogen and oxygen atoms in total. The van der Waals surface area contributed by atoms with Gasteiger partial charge in [0.2, 0.25) is 0 Å². The zero-order valence-corrected chi connectivity index (χ0v) is 27.7. The van der Waals surface area contributed by atoms with E-state index in [-0.39, 0.29) is 41.0 Å². The molecule has 3 rings (SSSR count). The number of anilines is 2. The lowest BCUT2D eigenvalue weighted by atomic mass is 9.89. The van der Waals surface area contributed by atoms with Crippen LogP contribution >= 0.6 is 0 Å². The molecule has 0 amide bonds. The van der Waals surface area contributed by atoms with Gasteiger partial charge in [-0.25, -0.2) is 0 Å². The van der Waals surface area contributed by atoms with E-state index in [2.05, 4.69) is 21.3 Å². The van der Waals surface area contributed by atoms with Crippen molar-refractivity contribution in [3.8, 4) is 11.5 Å². The van der Waals surface area contributed by atoms with Crippen molar-refractivity contribution in [2.24, 2.45) is 0 Å². The van der Waals surface area contributed by atoms with Crippen LogP contribution in [0.5, 0.6) is 11.5 Å². The van der Waals surface area contributed by atoms with Crippen LogP contribution in [0.4, 0.5) is 11.4 Å². The minimum Gasteiger partial charge on any atom is -0.507 e. The summed E-state index contributed by atoms with van der Waals surface area (Å²) >= 11 is 0. The minimum atomic E-state index is -0.441. The zero-order chi connectivity index (χ0) is 33.3. The Morgan fingerprint density at radius 2 is 1.15 bits per heavy atom. The third-order valence-electron chi connectivity index (χ3n) is 8.13. The van der Waals surface area contributed by atoms with Crippen LogP contribution < -0.4 is 21.3 Å². The highest BCUT2D eigenvalue weighted by Gasteiger charge is 2.28. The van der Waals surface area contributed by atoms with E-state index < -0.39 is 5.78 Å². The van der Waals surface area contributed by atoms with E-state index in [0.717, 1.165) is 64.5 Å². The Morgan fingerprint density at radius 1 is 0.652 bits per heavy atom. The van der Waals surface area contributed by atoms with Crippen LogP contribution in [-0.2, 0) is 18.9 Å². The molecular weight excluding hydrogens is 592 g/mol. The monoisotopic (exact) mass is 644 g/mol. The van der Waals surface area contributed by atoms with E-state index in [1.165, 1.54) is 18.2 Å². The van der Waals surface area contributed by atoms with Gasteiger partial charge in [0.05, 0.1) is 22.3 Å². The number of phenolic OH excluding ortho intramolecular Hbond substituents is 2. The number of nitrogens with one attached hydrogen (secondary N) is 4. The largest absolute Gasteiger partial charge is 0.507 e. The summed E-state index contributed by atoms with van der Waals surface area (Å²) in [6.07, 6.45) is 9.82. The van der Waals surface area contributed by atoms with Crippen LogP contribution in [0, 0.1) is 0 Å². The third-order valence-corrected chi connectivity index (χ3v) is 8.13. The van der Waals surface area contributed by atoms with Crippen molar-refractivity contribution in [3.63, 3.8) is 0 Å². The van der Waals surface area contributed by atoms with E-state index in [4.69, 9.17) is 18.9 Å². The van der Waals surface area contributed by atoms with Crippen molar-refractivity contribution in [3.05, 3.63) is 35.4 Å². The van der Waals surface area contributed by atoms with Crippen LogP contribution in [0.15, 0.2) is 24.3 Å². The number of hydrogen-bond donors (Lipinski definition) is 6. The average molecular weight is 645 g/mol. The fourth-order valence-corrected chi connectivity index (χ4v) is 5.50. The second kappa shape index (κ2) is 20.1. The first-order chi connectivity index (χ1) is 22.4. The lowest BCUT2D eigenvalue weighted by molar-refractivity contribution is -0.0988. The predicted molar refractivity (Wildman–Crippen MR) is 180 cm³/mol. The molecule has 1 aliphatic rings. The molecule has 256 valence electrons. The summed E-state index contributed by atoms with van der Waals surface area (Å²) in [6, 6.07) is 3.12. The lowest BCUT2D eigenvalue weighted by Crippen LogP contribution is -2.30. The van der Waals surface area contributed by atoms with Gasteiger partial charge in [-0.05, 0) is 57.0 Å². The maximum Gasteiger partial charge on any atom is 0.190 e. The predicted octanol–water partition coefficient (Wildman–Crippen LogP) is 4.55. The SMILES string of the molecule is COC(CNCCCCCCNc1cc(O)c2cc3c(c(O)c2c1NCCCCCCNCC(OC)OC)C(=O)C=CC3=O)OC. The van der Waals surface area contributed by atoms with E-state index in [1.54, 1.807) is 34.5 Å². The fraction of sp³-hybridized carbons (Fsp3) is 0.588. The van der Waals surface area contributed by atoms with Crippen LogP contribution in [0.2, 0.25) is 0 Å². The number of allylic oxidation sites excluding steroid dienone is 2. The number of benzene rings is 2. The Hall–Kier alpha value is -3.26. The smallest absolute Gasteiger partial charge is 0.190 e. The first-order valence-electron chi connectivity index (χ1n) is 16.2. The molecule has 0 radical (unpaired) electrons. The summed E-state index contributed by atoms with van der Waals surface area (Å²) in [5.74, 6) is -1.21. The highest BCUT2D eigenvalue weighted by molar-refractivity contribution is 6.27. The number of phenols is 2. The van der Waals surface area contributed by atoms with E-state index >= 15 is 0 Å². The zero-order valence-electron chi connectivity index (χ0n) is 27.7. The van der Waals surface area contributed by atoms with Crippen LogP contribution in [0.3, 0.4) is 0 Å². The van der Waals surface area contributed by atoms with Crippen LogP contribution in [0.25, 0.3) is 10.8 Å². The molecule has 1 aliphatic carbocycles. The Labute approximate surface area is 272 Å². The number of aromatic hydroxyl groups is 2. The number of hydrogen-bond acceptors (Lipinski definition) is 12. The number of ether oxygens (including phenoxy) is 4. The van der Waals surface area contributed by atoms with E-state index in [1.807, 2.05) is 0 Å². The van der Waals surface area contributed by atoms with Crippen molar-refractivity contribution in [1.82, 2.24) is 10.6 Å². The normalized spacial score (nSPS) is 12.9. The second-order valence-electron chi connectivity index (χ2n) is 11.3. The maximum absolute atomic E-state index is 12.7. The number of carbonyl (C=O) groups excluding carboxylic acids is 2. The molecule has 2 aromatic rings. The van der Waals surface area contributed by atoms with Gasteiger partial charge in [0, 0.05) is 71.6 Å². The Morgan fingerprint density at radius 3 is 1.70 bits per heavy atom. The first-order valence-corrected chi connectivity index (χ1v) is 16.2. The van der Waals surface area contributed by atoms with Crippen molar-refractivity contribution in [1.29, 1.82) is 0 Å². The molecule has 6 N–H and O–H groups in total. The van der Waals surface area contributed by atoms with Gasteiger partial charge in [0.15, 0.2) is 24.1 Å². The standard InChI is InChI=1S/C34H52N4O8/c1-43-29(44-2)21-35-15-9-5-7-11-17-37-25-20-28(41)24-19-23-26(39)13-14-27(40)31(23)34(42)32(24)33(25)38-18-12-8-6-10-16-36-22-30(45-3)46-4/h13-14,19-20,29-30,35-38,41-42H,5-12,15-18,21-22H2,1-4H3. The topological polar surface area (TPSA) is 160 Å². The van der Waals surface area contributed by atoms with Gasteiger partial charge in [-0.15, -0.1) is 0 Å². The van der Waals surface area contributed by atoms with Crippen LogP contribution in [0.1, 0.15) is 72.1 Å². The van der Waals surface area contributed by atoms with Gasteiger partial charge in [-0.1, -0.05) is 25.7 Å². The minimum absolute atomic E-state index is 0.0350. The summed E-state index contributed by atoms with van der Waals surface area (Å²) < 4.78 is 20.7. The molecule has 0 saturated heterocycles. The number of carbonyl (C=O) groups is 2. The molecule has 0 heterocycles. The van der Waals surface area contributed by atoms with Crippen molar-refractivity contribution >= 4 is 33.7 Å². The third kappa shape index (κ3) is 10.6. The second-order valence-corrected chi connectivity index (χ2v) is 11.3. The molecule has 0 atom stereocenters. The van der Waals surface area contributed by atoms with E-state index in [9.17, 15) is 19.8 Å². The summed E-state index contributed by atoms with van der Waals surface area (Å²) in [4.78, 5) is 25.3. The van der Waals surface area contributed by atoms with Crippen molar-refractivity contribution in [2.45, 2.75) is 63.9 Å². The Bertz CT molecular complexity index is 1290.